The van der Waals surface area contributed by atoms with Crippen LogP contribution in [0.2, 0.25) is 0 Å². The topological polar surface area (TPSA) is 125 Å². The number of sulfonamides is 1. The monoisotopic (exact) mass is 520 g/mol. The third-order valence-electron chi connectivity index (χ3n) is 5.43. The number of amides is 1. The fourth-order valence-electron chi connectivity index (χ4n) is 3.71. The summed E-state index contributed by atoms with van der Waals surface area (Å²) >= 11 is 0. The van der Waals surface area contributed by atoms with Gasteiger partial charge in [-0.25, -0.2) is 18.1 Å². The number of benzene rings is 2. The quantitative estimate of drug-likeness (QED) is 0.362. The summed E-state index contributed by atoms with van der Waals surface area (Å²) < 4.78 is 68.3. The van der Waals surface area contributed by atoms with Gasteiger partial charge in [0.15, 0.2) is 0 Å². The minimum atomic E-state index is -4.72. The summed E-state index contributed by atoms with van der Waals surface area (Å²) in [6.45, 7) is 3.48. The summed E-state index contributed by atoms with van der Waals surface area (Å²) in [7, 11) is -3.76. The van der Waals surface area contributed by atoms with Crippen molar-refractivity contribution in [3.63, 3.8) is 0 Å². The predicted molar refractivity (Wildman–Crippen MR) is 129 cm³/mol. The van der Waals surface area contributed by atoms with Gasteiger partial charge >= 0.3 is 6.18 Å². The fraction of sp³-hybridized carbons (Fsp3) is 0.261. The number of aryl methyl sites for hydroxylation is 2. The SMILES string of the molecule is CCNS(=O)(=O)c1cc(Nc2ncc(C(F)(F)F)c(Nc3ccc4c(c3)CCC(=O)N4)n2)ccc1C. The third kappa shape index (κ3) is 5.57. The van der Waals surface area contributed by atoms with Gasteiger partial charge in [-0.2, -0.15) is 18.2 Å². The van der Waals surface area contributed by atoms with E-state index in [9.17, 15) is 26.4 Å². The maximum atomic E-state index is 13.7. The molecule has 0 radical (unpaired) electrons. The van der Waals surface area contributed by atoms with Crippen molar-refractivity contribution in [2.75, 3.05) is 22.5 Å². The number of alkyl halides is 3. The van der Waals surface area contributed by atoms with Crippen molar-refractivity contribution < 1.29 is 26.4 Å². The summed E-state index contributed by atoms with van der Waals surface area (Å²) in [6.07, 6.45) is -3.32. The van der Waals surface area contributed by atoms with Gasteiger partial charge in [-0.05, 0) is 54.8 Å². The summed E-state index contributed by atoms with van der Waals surface area (Å²) in [5.41, 5.74) is 1.47. The molecule has 9 nitrogen and oxygen atoms in total. The largest absolute Gasteiger partial charge is 0.421 e. The molecular formula is C23H23F3N6O3S. The van der Waals surface area contributed by atoms with E-state index in [0.717, 1.165) is 5.56 Å². The van der Waals surface area contributed by atoms with Crippen LogP contribution in [0.25, 0.3) is 0 Å². The number of hydrogen-bond acceptors (Lipinski definition) is 7. The van der Waals surface area contributed by atoms with E-state index >= 15 is 0 Å². The molecule has 2 heterocycles. The molecule has 0 unspecified atom stereocenters. The standard InChI is InChI=1S/C23H23F3N6O3S/c1-3-28-36(34,35)19-11-16(6-4-13(19)2)30-22-27-12-17(23(24,25)26)21(32-22)29-15-7-8-18-14(10-15)5-9-20(33)31-18/h4,6-8,10-12,28H,3,5,9H2,1-2H3,(H,31,33)(H2,27,29,30,32). The van der Waals surface area contributed by atoms with Gasteiger partial charge in [-0.3, -0.25) is 4.79 Å². The molecule has 2 aromatic carbocycles. The maximum absolute atomic E-state index is 13.7. The van der Waals surface area contributed by atoms with Crippen LogP contribution in [0.4, 0.5) is 42.0 Å². The van der Waals surface area contributed by atoms with Gasteiger partial charge in [0.05, 0.1) is 4.90 Å². The number of aromatic nitrogens is 2. The molecule has 0 saturated carbocycles. The Hall–Kier alpha value is -3.71. The molecule has 3 aromatic rings. The predicted octanol–water partition coefficient (Wildman–Crippen LogP) is 4.47. The van der Waals surface area contributed by atoms with Crippen molar-refractivity contribution in [3.05, 3.63) is 59.3 Å². The van der Waals surface area contributed by atoms with Gasteiger partial charge < -0.3 is 16.0 Å². The van der Waals surface area contributed by atoms with Gasteiger partial charge in [0.2, 0.25) is 21.9 Å². The zero-order chi connectivity index (χ0) is 26.1. The lowest BCUT2D eigenvalue weighted by Crippen LogP contribution is -2.24. The molecule has 0 bridgehead atoms. The Labute approximate surface area is 205 Å². The number of nitrogens with one attached hydrogen (secondary N) is 4. The normalized spacial score (nSPS) is 13.6. The van der Waals surface area contributed by atoms with Gasteiger partial charge in [0.1, 0.15) is 11.4 Å². The number of fused-ring (bicyclic) bond motifs is 1. The van der Waals surface area contributed by atoms with Crippen LogP contribution in [0, 0.1) is 6.92 Å². The van der Waals surface area contributed by atoms with Crippen LogP contribution in [-0.2, 0) is 27.4 Å². The Morgan fingerprint density at radius 1 is 1.06 bits per heavy atom. The highest BCUT2D eigenvalue weighted by molar-refractivity contribution is 7.89. The Morgan fingerprint density at radius 2 is 1.78 bits per heavy atom. The number of hydrogen-bond donors (Lipinski definition) is 4. The van der Waals surface area contributed by atoms with Crippen molar-refractivity contribution in [1.29, 1.82) is 0 Å². The number of anilines is 5. The number of rotatable bonds is 7. The molecule has 0 fully saturated rings. The molecule has 0 atom stereocenters. The van der Waals surface area contributed by atoms with E-state index in [1.54, 1.807) is 38.1 Å². The summed E-state index contributed by atoms with van der Waals surface area (Å²) in [5, 5.41) is 8.19. The second-order valence-electron chi connectivity index (χ2n) is 8.11. The molecule has 4 rings (SSSR count). The second-order valence-corrected chi connectivity index (χ2v) is 9.84. The molecule has 0 spiro atoms. The maximum Gasteiger partial charge on any atom is 0.421 e. The van der Waals surface area contributed by atoms with E-state index < -0.39 is 27.6 Å². The molecule has 36 heavy (non-hydrogen) atoms. The Bertz CT molecular complexity index is 1430. The summed E-state index contributed by atoms with van der Waals surface area (Å²) in [5.74, 6) is -0.759. The molecule has 1 aliphatic heterocycles. The van der Waals surface area contributed by atoms with E-state index in [2.05, 4.69) is 30.6 Å². The Balaban J connectivity index is 1.66. The second kappa shape index (κ2) is 9.74. The van der Waals surface area contributed by atoms with E-state index in [0.29, 0.717) is 29.6 Å². The van der Waals surface area contributed by atoms with E-state index in [-0.39, 0.29) is 35.4 Å². The van der Waals surface area contributed by atoms with E-state index in [4.69, 9.17) is 0 Å². The number of nitrogens with zero attached hydrogens (tertiary/aromatic N) is 2. The molecule has 190 valence electrons. The lowest BCUT2D eigenvalue weighted by Gasteiger charge is -2.19. The van der Waals surface area contributed by atoms with E-state index in [1.165, 1.54) is 12.1 Å². The van der Waals surface area contributed by atoms with Crippen molar-refractivity contribution >= 4 is 44.8 Å². The van der Waals surface area contributed by atoms with Crippen LogP contribution >= 0.6 is 0 Å². The molecule has 1 aliphatic rings. The zero-order valence-electron chi connectivity index (χ0n) is 19.3. The third-order valence-corrected chi connectivity index (χ3v) is 7.11. The number of carbonyl (C=O) groups is 1. The van der Waals surface area contributed by atoms with Crippen molar-refractivity contribution in [1.82, 2.24) is 14.7 Å². The van der Waals surface area contributed by atoms with Gasteiger partial charge in [0.25, 0.3) is 0 Å². The molecule has 13 heteroatoms. The number of carbonyl (C=O) groups excluding carboxylic acids is 1. The van der Waals surface area contributed by atoms with Crippen LogP contribution in [0.1, 0.15) is 30.0 Å². The molecule has 1 aromatic heterocycles. The van der Waals surface area contributed by atoms with Gasteiger partial charge in [-0.15, -0.1) is 0 Å². The van der Waals surface area contributed by atoms with Gasteiger partial charge in [0, 0.05) is 36.2 Å². The lowest BCUT2D eigenvalue weighted by molar-refractivity contribution is -0.137. The first-order valence-corrected chi connectivity index (χ1v) is 12.5. The van der Waals surface area contributed by atoms with Crippen LogP contribution in [0.15, 0.2) is 47.5 Å². The Morgan fingerprint density at radius 3 is 2.50 bits per heavy atom. The lowest BCUT2D eigenvalue weighted by atomic mass is 10.0. The number of halogens is 3. The highest BCUT2D eigenvalue weighted by atomic mass is 32.2. The van der Waals surface area contributed by atoms with Gasteiger partial charge in [-0.1, -0.05) is 13.0 Å². The highest BCUT2D eigenvalue weighted by Crippen LogP contribution is 2.36. The van der Waals surface area contributed by atoms with Crippen LogP contribution in [0.5, 0.6) is 0 Å². The molecule has 0 aliphatic carbocycles. The highest BCUT2D eigenvalue weighted by Gasteiger charge is 2.35. The van der Waals surface area contributed by atoms with Crippen LogP contribution < -0.4 is 20.7 Å². The Kier molecular flexibility index (Phi) is 6.87. The van der Waals surface area contributed by atoms with Crippen molar-refractivity contribution in [3.8, 4) is 0 Å². The molecule has 4 N–H and O–H groups in total. The van der Waals surface area contributed by atoms with Crippen molar-refractivity contribution in [2.24, 2.45) is 0 Å². The zero-order valence-corrected chi connectivity index (χ0v) is 20.1. The average Bonchev–Trinajstić information content (AvgIpc) is 2.79. The summed E-state index contributed by atoms with van der Waals surface area (Å²) in [6, 6.07) is 9.31. The minimum absolute atomic E-state index is 0.0285. The van der Waals surface area contributed by atoms with E-state index in [1.807, 2.05) is 0 Å². The molecule has 1 amide bonds. The first-order chi connectivity index (χ1) is 17.0. The van der Waals surface area contributed by atoms with Crippen molar-refractivity contribution in [2.45, 2.75) is 37.8 Å². The molecule has 0 saturated heterocycles. The van der Waals surface area contributed by atoms with Crippen LogP contribution in [-0.4, -0.2) is 30.8 Å². The fourth-order valence-corrected chi connectivity index (χ4v) is 5.02. The summed E-state index contributed by atoms with van der Waals surface area (Å²) in [4.78, 5) is 19.4. The first-order valence-electron chi connectivity index (χ1n) is 11.0. The molecular weight excluding hydrogens is 497 g/mol. The first kappa shape index (κ1) is 25.4. The average molecular weight is 521 g/mol. The smallest absolute Gasteiger partial charge is 0.340 e. The van der Waals surface area contributed by atoms with Crippen LogP contribution in [0.3, 0.4) is 0 Å². The minimum Gasteiger partial charge on any atom is -0.340 e.